The molecule has 0 saturated heterocycles. The van der Waals surface area contributed by atoms with E-state index in [9.17, 15) is 18.4 Å². The molecule has 5 nitrogen and oxygen atoms in total. The van der Waals surface area contributed by atoms with E-state index in [0.29, 0.717) is 0 Å². The highest BCUT2D eigenvalue weighted by Crippen LogP contribution is 2.13. The number of ether oxygens (including phenoxy) is 1. The number of nitrogens with one attached hydrogen (secondary N) is 1. The monoisotopic (exact) mass is 304 g/mol. The highest BCUT2D eigenvalue weighted by atomic mass is 32.2. The first kappa shape index (κ1) is 16.4. The molecule has 0 fully saturated rings. The summed E-state index contributed by atoms with van der Waals surface area (Å²) in [4.78, 5) is 22.5. The number of amides is 1. The fourth-order valence-electron chi connectivity index (χ4n) is 1.27. The van der Waals surface area contributed by atoms with Crippen molar-refractivity contribution in [2.75, 3.05) is 23.9 Å². The molecule has 0 aliphatic rings. The van der Waals surface area contributed by atoms with Crippen LogP contribution in [0.5, 0.6) is 0 Å². The lowest BCUT2D eigenvalue weighted by atomic mass is 10.3. The summed E-state index contributed by atoms with van der Waals surface area (Å²) in [7, 11) is 1.22. The van der Waals surface area contributed by atoms with E-state index in [0.717, 1.165) is 23.9 Å². The lowest BCUT2D eigenvalue weighted by Gasteiger charge is -2.09. The Labute approximate surface area is 118 Å². The Hall–Kier alpha value is -1.67. The first-order valence-corrected chi connectivity index (χ1v) is 6.75. The summed E-state index contributed by atoms with van der Waals surface area (Å²) in [5.74, 6) is -2.73. The number of nitrogens with two attached hydrogens (primary N) is 1. The topological polar surface area (TPSA) is 81.4 Å². The molecule has 1 rings (SSSR count). The van der Waals surface area contributed by atoms with Crippen LogP contribution in [0, 0.1) is 11.6 Å². The lowest BCUT2D eigenvalue weighted by Crippen LogP contribution is -2.34. The van der Waals surface area contributed by atoms with E-state index in [1.807, 2.05) is 0 Å². The molecule has 8 heteroatoms. The Bertz CT molecular complexity index is 500. The normalized spacial score (nSPS) is 11.8. The van der Waals surface area contributed by atoms with Gasteiger partial charge in [0.1, 0.15) is 6.04 Å². The molecular weight excluding hydrogens is 290 g/mol. The maximum absolute atomic E-state index is 12.9. The highest BCUT2D eigenvalue weighted by Gasteiger charge is 2.14. The van der Waals surface area contributed by atoms with E-state index in [1.54, 1.807) is 0 Å². The first-order valence-electron chi connectivity index (χ1n) is 5.60. The summed E-state index contributed by atoms with van der Waals surface area (Å²) in [5, 5.41) is 2.40. The minimum Gasteiger partial charge on any atom is -0.468 e. The van der Waals surface area contributed by atoms with Gasteiger partial charge in [-0.25, -0.2) is 8.78 Å². The van der Waals surface area contributed by atoms with E-state index in [1.165, 1.54) is 13.2 Å². The van der Waals surface area contributed by atoms with Crippen molar-refractivity contribution in [3.05, 3.63) is 29.8 Å². The van der Waals surface area contributed by atoms with Crippen LogP contribution in [0.25, 0.3) is 0 Å². The minimum absolute atomic E-state index is 0.0314. The van der Waals surface area contributed by atoms with E-state index >= 15 is 0 Å². The first-order chi connectivity index (χ1) is 9.43. The summed E-state index contributed by atoms with van der Waals surface area (Å²) in [6.45, 7) is 0. The number of hydrogen-bond donors (Lipinski definition) is 2. The van der Waals surface area contributed by atoms with E-state index in [-0.39, 0.29) is 17.2 Å². The number of hydrogen-bond acceptors (Lipinski definition) is 5. The van der Waals surface area contributed by atoms with Crippen molar-refractivity contribution in [2.24, 2.45) is 5.73 Å². The zero-order chi connectivity index (χ0) is 15.1. The van der Waals surface area contributed by atoms with Crippen LogP contribution in [0.2, 0.25) is 0 Å². The Morgan fingerprint density at radius 1 is 1.40 bits per heavy atom. The van der Waals surface area contributed by atoms with Crippen LogP contribution in [0.4, 0.5) is 14.5 Å². The number of carbonyl (C=O) groups is 2. The van der Waals surface area contributed by atoms with Crippen LogP contribution in [0.15, 0.2) is 18.2 Å². The van der Waals surface area contributed by atoms with Gasteiger partial charge in [0.25, 0.3) is 0 Å². The molecule has 0 aliphatic heterocycles. The van der Waals surface area contributed by atoms with Gasteiger partial charge in [0.2, 0.25) is 5.91 Å². The Balaban J connectivity index is 2.37. The van der Waals surface area contributed by atoms with Crippen LogP contribution in [-0.4, -0.2) is 36.5 Å². The SMILES string of the molecule is COC(=O)C(N)CSCC(=O)Nc1ccc(F)c(F)c1. The third-order valence-corrected chi connectivity index (χ3v) is 3.30. The van der Waals surface area contributed by atoms with Crippen LogP contribution < -0.4 is 11.1 Å². The number of methoxy groups -OCH3 is 1. The van der Waals surface area contributed by atoms with Gasteiger partial charge in [-0.05, 0) is 12.1 Å². The molecule has 1 aromatic carbocycles. The zero-order valence-corrected chi connectivity index (χ0v) is 11.5. The molecule has 0 aliphatic carbocycles. The van der Waals surface area contributed by atoms with E-state index in [2.05, 4.69) is 10.1 Å². The van der Waals surface area contributed by atoms with Crippen molar-refractivity contribution >= 4 is 29.3 Å². The number of benzene rings is 1. The smallest absolute Gasteiger partial charge is 0.323 e. The number of carbonyl (C=O) groups excluding carboxylic acids is 2. The second kappa shape index (κ2) is 7.81. The molecule has 20 heavy (non-hydrogen) atoms. The largest absolute Gasteiger partial charge is 0.468 e. The van der Waals surface area contributed by atoms with Crippen molar-refractivity contribution < 1.29 is 23.1 Å². The third kappa shape index (κ3) is 5.14. The van der Waals surface area contributed by atoms with Gasteiger partial charge >= 0.3 is 5.97 Å². The van der Waals surface area contributed by atoms with Crippen LogP contribution in [-0.2, 0) is 14.3 Å². The van der Waals surface area contributed by atoms with Gasteiger partial charge in [0.05, 0.1) is 12.9 Å². The average Bonchev–Trinajstić information content (AvgIpc) is 2.41. The Kier molecular flexibility index (Phi) is 6.40. The molecule has 3 N–H and O–H groups in total. The highest BCUT2D eigenvalue weighted by molar-refractivity contribution is 8.00. The summed E-state index contributed by atoms with van der Waals surface area (Å²) in [6.07, 6.45) is 0. The van der Waals surface area contributed by atoms with Crippen molar-refractivity contribution in [3.63, 3.8) is 0 Å². The average molecular weight is 304 g/mol. The molecule has 0 aromatic heterocycles. The van der Waals surface area contributed by atoms with Crippen molar-refractivity contribution in [3.8, 4) is 0 Å². The molecule has 1 amide bonds. The molecular formula is C12H14F2N2O3S. The molecule has 0 spiro atoms. The van der Waals surface area contributed by atoms with Crippen molar-refractivity contribution in [2.45, 2.75) is 6.04 Å². The standard InChI is InChI=1S/C12H14F2N2O3S/c1-19-12(18)10(15)5-20-6-11(17)16-7-2-3-8(13)9(14)4-7/h2-4,10H,5-6,15H2,1H3,(H,16,17). The molecule has 1 unspecified atom stereocenters. The predicted octanol–water partition coefficient (Wildman–Crippen LogP) is 1.14. The zero-order valence-electron chi connectivity index (χ0n) is 10.7. The van der Waals surface area contributed by atoms with Gasteiger partial charge in [-0.2, -0.15) is 0 Å². The molecule has 1 aromatic rings. The second-order valence-electron chi connectivity index (χ2n) is 3.82. The maximum atomic E-state index is 12.9. The minimum atomic E-state index is -1.04. The second-order valence-corrected chi connectivity index (χ2v) is 4.85. The van der Waals surface area contributed by atoms with Crippen LogP contribution in [0.3, 0.4) is 0 Å². The number of esters is 1. The molecule has 1 atom stereocenters. The van der Waals surface area contributed by atoms with Gasteiger partial charge in [-0.3, -0.25) is 9.59 Å². The molecule has 0 saturated carbocycles. The molecule has 110 valence electrons. The number of thioether (sulfide) groups is 1. The number of rotatable bonds is 6. The third-order valence-electron chi connectivity index (χ3n) is 2.24. The number of anilines is 1. The van der Waals surface area contributed by atoms with Gasteiger partial charge in [0, 0.05) is 17.5 Å². The summed E-state index contributed by atoms with van der Waals surface area (Å²) in [5.41, 5.74) is 5.64. The molecule has 0 bridgehead atoms. The van der Waals surface area contributed by atoms with Crippen LogP contribution in [0.1, 0.15) is 0 Å². The fraction of sp³-hybridized carbons (Fsp3) is 0.333. The fourth-order valence-corrected chi connectivity index (χ4v) is 2.03. The number of halogens is 2. The van der Waals surface area contributed by atoms with Crippen LogP contribution >= 0.6 is 11.8 Å². The predicted molar refractivity (Wildman–Crippen MR) is 72.3 cm³/mol. The van der Waals surface area contributed by atoms with Crippen molar-refractivity contribution in [1.82, 2.24) is 0 Å². The Morgan fingerprint density at radius 2 is 2.10 bits per heavy atom. The van der Waals surface area contributed by atoms with Gasteiger partial charge in [-0.1, -0.05) is 0 Å². The Morgan fingerprint density at radius 3 is 2.70 bits per heavy atom. The summed E-state index contributed by atoms with van der Waals surface area (Å²) >= 11 is 1.13. The van der Waals surface area contributed by atoms with Crippen molar-refractivity contribution in [1.29, 1.82) is 0 Å². The van der Waals surface area contributed by atoms with Gasteiger partial charge in [-0.15, -0.1) is 11.8 Å². The van der Waals surface area contributed by atoms with Gasteiger partial charge in [0.15, 0.2) is 11.6 Å². The molecule has 0 heterocycles. The van der Waals surface area contributed by atoms with Gasteiger partial charge < -0.3 is 15.8 Å². The summed E-state index contributed by atoms with van der Waals surface area (Å²) < 4.78 is 30.0. The molecule has 0 radical (unpaired) electrons. The summed E-state index contributed by atoms with van der Waals surface area (Å²) in [6, 6.07) is 2.26. The van der Waals surface area contributed by atoms with E-state index in [4.69, 9.17) is 5.73 Å². The quantitative estimate of drug-likeness (QED) is 0.770. The lowest BCUT2D eigenvalue weighted by molar-refractivity contribution is -0.141. The maximum Gasteiger partial charge on any atom is 0.323 e. The van der Waals surface area contributed by atoms with E-state index < -0.39 is 29.6 Å².